The Morgan fingerprint density at radius 1 is 1.11 bits per heavy atom. The average molecular weight is 509 g/mol. The van der Waals surface area contributed by atoms with Crippen molar-refractivity contribution in [3.63, 3.8) is 0 Å². The highest BCUT2D eigenvalue weighted by atomic mass is 35.5. The molecule has 0 spiro atoms. The van der Waals surface area contributed by atoms with Crippen molar-refractivity contribution in [3.8, 4) is 0 Å². The van der Waals surface area contributed by atoms with Gasteiger partial charge in [0, 0.05) is 55.4 Å². The van der Waals surface area contributed by atoms with E-state index in [-0.39, 0.29) is 18.0 Å². The maximum Gasteiger partial charge on any atom is 0.339 e. The Labute approximate surface area is 215 Å². The molecule has 1 aromatic carbocycles. The number of nitrogens with zero attached hydrogens (tertiary/aromatic N) is 3. The lowest BCUT2D eigenvalue weighted by Crippen LogP contribution is -2.35. The molecule has 2 aromatic heterocycles. The van der Waals surface area contributed by atoms with E-state index in [1.165, 1.54) is 13.3 Å². The zero-order chi connectivity index (χ0) is 25.7. The van der Waals surface area contributed by atoms with Crippen LogP contribution in [0.15, 0.2) is 61.1 Å². The predicted octanol–water partition coefficient (Wildman–Crippen LogP) is 3.59. The van der Waals surface area contributed by atoms with E-state index in [1.54, 1.807) is 42.5 Å². The number of aliphatic hydroxyl groups excluding tert-OH is 1. The summed E-state index contributed by atoms with van der Waals surface area (Å²) in [6.45, 7) is 0.317. The van der Waals surface area contributed by atoms with Crippen LogP contribution in [0.3, 0.4) is 0 Å². The minimum atomic E-state index is -0.640. The Balaban J connectivity index is 1.31. The fourth-order valence-electron chi connectivity index (χ4n) is 4.49. The van der Waals surface area contributed by atoms with Gasteiger partial charge in [0.1, 0.15) is 5.15 Å². The molecular weight excluding hydrogens is 480 g/mol. The van der Waals surface area contributed by atoms with E-state index in [2.05, 4.69) is 15.3 Å². The molecule has 1 aliphatic heterocycles. The second kappa shape index (κ2) is 11.6. The number of nitrogens with one attached hydrogen (secondary N) is 1. The summed E-state index contributed by atoms with van der Waals surface area (Å²) < 4.78 is 4.73. The van der Waals surface area contributed by atoms with E-state index in [1.807, 2.05) is 24.3 Å². The Hall–Kier alpha value is -3.33. The minimum Gasteiger partial charge on any atom is -0.465 e. The standard InChI is InChI=1S/C27H29ClN4O4/c1-32(16-18-11-21(14-29-13-18)27(35)36-2)26(34)19-5-3-17(4-6-19)12-22-8-9-23(31-22)25(33)20-7-10-24(28)30-15-20/h3-7,10-11,13-15,22-23,25,31,33H,8-9,12,16H2,1-2H3/t22-,23+,25?/m0/s1. The number of ether oxygens (including phenoxy) is 1. The van der Waals surface area contributed by atoms with Crippen molar-refractivity contribution in [3.05, 3.63) is 94.0 Å². The van der Waals surface area contributed by atoms with Crippen LogP contribution in [0.4, 0.5) is 0 Å². The van der Waals surface area contributed by atoms with Gasteiger partial charge in [-0.1, -0.05) is 29.8 Å². The van der Waals surface area contributed by atoms with Crippen molar-refractivity contribution in [2.45, 2.75) is 44.0 Å². The lowest BCUT2D eigenvalue weighted by molar-refractivity contribution is 0.0600. The molecule has 9 heteroatoms. The third kappa shape index (κ3) is 6.26. The molecule has 3 heterocycles. The van der Waals surface area contributed by atoms with Crippen molar-refractivity contribution in [2.75, 3.05) is 14.2 Å². The van der Waals surface area contributed by atoms with Crippen LogP contribution in [0.25, 0.3) is 0 Å². The zero-order valence-corrected chi connectivity index (χ0v) is 21.0. The highest BCUT2D eigenvalue weighted by molar-refractivity contribution is 6.29. The molecule has 1 unspecified atom stereocenters. The molecule has 4 rings (SSSR count). The predicted molar refractivity (Wildman–Crippen MR) is 136 cm³/mol. The molecule has 0 aliphatic carbocycles. The number of hydrogen-bond acceptors (Lipinski definition) is 7. The van der Waals surface area contributed by atoms with Crippen LogP contribution in [0.2, 0.25) is 5.15 Å². The van der Waals surface area contributed by atoms with Crippen molar-refractivity contribution >= 4 is 23.5 Å². The Morgan fingerprint density at radius 2 is 1.89 bits per heavy atom. The number of pyridine rings is 2. The summed E-state index contributed by atoms with van der Waals surface area (Å²) in [5, 5.41) is 14.6. The van der Waals surface area contributed by atoms with Crippen LogP contribution in [-0.2, 0) is 17.7 Å². The van der Waals surface area contributed by atoms with Gasteiger partial charge in [0.25, 0.3) is 5.91 Å². The molecule has 2 N–H and O–H groups in total. The van der Waals surface area contributed by atoms with Crippen LogP contribution in [0.1, 0.15) is 56.4 Å². The quantitative estimate of drug-likeness (QED) is 0.354. The van der Waals surface area contributed by atoms with Gasteiger partial charge in [-0.2, -0.15) is 0 Å². The van der Waals surface area contributed by atoms with Crippen molar-refractivity contribution in [1.82, 2.24) is 20.2 Å². The number of carbonyl (C=O) groups excluding carboxylic acids is 2. The number of aromatic nitrogens is 2. The fourth-order valence-corrected chi connectivity index (χ4v) is 4.60. The highest BCUT2D eigenvalue weighted by Crippen LogP contribution is 2.27. The Bertz CT molecular complexity index is 1200. The number of carbonyl (C=O) groups is 2. The van der Waals surface area contributed by atoms with Gasteiger partial charge in [0.2, 0.25) is 0 Å². The van der Waals surface area contributed by atoms with Gasteiger partial charge < -0.3 is 20.1 Å². The summed E-state index contributed by atoms with van der Waals surface area (Å²) in [5.41, 5.74) is 3.53. The van der Waals surface area contributed by atoms with Crippen LogP contribution in [0, 0.1) is 0 Å². The smallest absolute Gasteiger partial charge is 0.339 e. The van der Waals surface area contributed by atoms with Gasteiger partial charge >= 0.3 is 5.97 Å². The molecule has 0 bridgehead atoms. The van der Waals surface area contributed by atoms with Gasteiger partial charge in [-0.15, -0.1) is 0 Å². The minimum absolute atomic E-state index is 0.0420. The molecule has 36 heavy (non-hydrogen) atoms. The molecule has 1 amide bonds. The average Bonchev–Trinajstić information content (AvgIpc) is 3.36. The summed E-state index contributed by atoms with van der Waals surface area (Å²) in [6, 6.07) is 13.0. The normalized spacial score (nSPS) is 18.0. The summed E-state index contributed by atoms with van der Waals surface area (Å²) in [7, 11) is 3.03. The molecular formula is C27H29ClN4O4. The molecule has 0 radical (unpaired) electrons. The summed E-state index contributed by atoms with van der Waals surface area (Å²) in [4.78, 5) is 34.3. The number of hydrogen-bond donors (Lipinski definition) is 2. The Kier molecular flexibility index (Phi) is 8.30. The first-order valence-corrected chi connectivity index (χ1v) is 12.1. The second-order valence-corrected chi connectivity index (χ2v) is 9.43. The molecule has 8 nitrogen and oxygen atoms in total. The highest BCUT2D eigenvalue weighted by Gasteiger charge is 2.30. The fraction of sp³-hybridized carbons (Fsp3) is 0.333. The lowest BCUT2D eigenvalue weighted by atomic mass is 10.0. The number of esters is 1. The second-order valence-electron chi connectivity index (χ2n) is 9.04. The largest absolute Gasteiger partial charge is 0.465 e. The van der Waals surface area contributed by atoms with E-state index >= 15 is 0 Å². The zero-order valence-electron chi connectivity index (χ0n) is 20.2. The monoisotopic (exact) mass is 508 g/mol. The van der Waals surface area contributed by atoms with Crippen molar-refractivity contribution < 1.29 is 19.4 Å². The first-order valence-electron chi connectivity index (χ1n) is 11.8. The van der Waals surface area contributed by atoms with Crippen molar-refractivity contribution in [1.29, 1.82) is 0 Å². The molecule has 1 aliphatic rings. The topological polar surface area (TPSA) is 105 Å². The van der Waals surface area contributed by atoms with E-state index in [9.17, 15) is 14.7 Å². The van der Waals surface area contributed by atoms with Gasteiger partial charge in [-0.25, -0.2) is 9.78 Å². The number of halogens is 1. The van der Waals surface area contributed by atoms with E-state index in [0.29, 0.717) is 22.8 Å². The number of aliphatic hydroxyl groups is 1. The Morgan fingerprint density at radius 3 is 2.58 bits per heavy atom. The van der Waals surface area contributed by atoms with Gasteiger partial charge in [-0.3, -0.25) is 9.78 Å². The molecule has 1 fully saturated rings. The number of benzene rings is 1. The van der Waals surface area contributed by atoms with Crippen LogP contribution in [0.5, 0.6) is 0 Å². The van der Waals surface area contributed by atoms with E-state index in [0.717, 1.165) is 36.0 Å². The number of amides is 1. The summed E-state index contributed by atoms with van der Waals surface area (Å²) >= 11 is 5.84. The maximum atomic E-state index is 12.9. The SMILES string of the molecule is COC(=O)c1cncc(CN(C)C(=O)c2ccc(C[C@@H]3CC[C@H](C(O)c4ccc(Cl)nc4)N3)cc2)c1. The van der Waals surface area contributed by atoms with Gasteiger partial charge in [0.15, 0.2) is 0 Å². The number of rotatable bonds is 8. The maximum absolute atomic E-state index is 12.9. The van der Waals surface area contributed by atoms with E-state index in [4.69, 9.17) is 16.3 Å². The van der Waals surface area contributed by atoms with Gasteiger partial charge in [0.05, 0.1) is 18.8 Å². The number of methoxy groups -OCH3 is 1. The molecule has 1 saturated heterocycles. The third-order valence-electron chi connectivity index (χ3n) is 6.41. The molecule has 3 aromatic rings. The van der Waals surface area contributed by atoms with Crippen LogP contribution < -0.4 is 5.32 Å². The summed E-state index contributed by atoms with van der Waals surface area (Å²) in [5.74, 6) is -0.586. The lowest BCUT2D eigenvalue weighted by Gasteiger charge is -2.20. The first-order chi connectivity index (χ1) is 17.3. The molecule has 188 valence electrons. The van der Waals surface area contributed by atoms with Crippen LogP contribution in [-0.4, -0.2) is 58.1 Å². The molecule has 3 atom stereocenters. The molecule has 0 saturated carbocycles. The summed E-state index contributed by atoms with van der Waals surface area (Å²) in [6.07, 6.45) is 6.65. The van der Waals surface area contributed by atoms with E-state index < -0.39 is 12.1 Å². The van der Waals surface area contributed by atoms with Crippen LogP contribution >= 0.6 is 11.6 Å². The van der Waals surface area contributed by atoms with Gasteiger partial charge in [-0.05, 0) is 54.7 Å². The van der Waals surface area contributed by atoms with Crippen molar-refractivity contribution in [2.24, 2.45) is 0 Å². The third-order valence-corrected chi connectivity index (χ3v) is 6.64. The first kappa shape index (κ1) is 25.8.